The number of hydrogen-bond donors (Lipinski definition) is 0. The molecule has 5 nitrogen and oxygen atoms in total. The maximum absolute atomic E-state index is 13.3. The Morgan fingerprint density at radius 2 is 1.74 bits per heavy atom. The zero-order valence-electron chi connectivity index (χ0n) is 19.6. The van der Waals surface area contributed by atoms with E-state index in [0.29, 0.717) is 11.8 Å². The average molecular weight is 426 g/mol. The SMILES string of the molecule is CCCCCCN=C1O/C(=C/c2ccc(N(CC)CC)cc2)C(=O)N1C1CCCCC1. The van der Waals surface area contributed by atoms with Crippen LogP contribution in [0.25, 0.3) is 6.08 Å². The maximum Gasteiger partial charge on any atom is 0.300 e. The Morgan fingerprint density at radius 3 is 2.39 bits per heavy atom. The summed E-state index contributed by atoms with van der Waals surface area (Å²) >= 11 is 0. The van der Waals surface area contributed by atoms with Crippen molar-refractivity contribution in [1.29, 1.82) is 0 Å². The first-order chi connectivity index (χ1) is 15.2. The van der Waals surface area contributed by atoms with Gasteiger partial charge in [0, 0.05) is 31.4 Å². The van der Waals surface area contributed by atoms with Gasteiger partial charge in [-0.15, -0.1) is 0 Å². The molecule has 0 unspecified atom stereocenters. The summed E-state index contributed by atoms with van der Waals surface area (Å²) < 4.78 is 6.05. The molecule has 1 saturated heterocycles. The predicted octanol–water partition coefficient (Wildman–Crippen LogP) is 6.00. The molecule has 1 heterocycles. The molecule has 2 aliphatic rings. The van der Waals surface area contributed by atoms with Gasteiger partial charge in [-0.05, 0) is 56.9 Å². The van der Waals surface area contributed by atoms with E-state index in [4.69, 9.17) is 9.73 Å². The van der Waals surface area contributed by atoms with Crippen molar-refractivity contribution in [1.82, 2.24) is 4.90 Å². The van der Waals surface area contributed by atoms with E-state index in [0.717, 1.165) is 44.5 Å². The highest BCUT2D eigenvalue weighted by atomic mass is 16.5. The van der Waals surface area contributed by atoms with Crippen LogP contribution in [0.3, 0.4) is 0 Å². The number of amides is 1. The summed E-state index contributed by atoms with van der Waals surface area (Å²) in [4.78, 5) is 22.1. The summed E-state index contributed by atoms with van der Waals surface area (Å²) in [6.45, 7) is 9.21. The van der Waals surface area contributed by atoms with Gasteiger partial charge in [-0.1, -0.05) is 57.6 Å². The number of rotatable bonds is 10. The van der Waals surface area contributed by atoms with Crippen LogP contribution in [-0.4, -0.2) is 42.5 Å². The number of hydrogen-bond acceptors (Lipinski definition) is 4. The summed E-state index contributed by atoms with van der Waals surface area (Å²) in [6, 6.07) is 9.07. The van der Waals surface area contributed by atoms with Crippen LogP contribution in [0.5, 0.6) is 0 Å². The Balaban J connectivity index is 1.77. The smallest absolute Gasteiger partial charge is 0.300 e. The molecule has 1 aromatic carbocycles. The summed E-state index contributed by atoms with van der Waals surface area (Å²) in [5.41, 5.74) is 2.18. The minimum atomic E-state index is -0.0352. The fourth-order valence-corrected chi connectivity index (χ4v) is 4.49. The van der Waals surface area contributed by atoms with Gasteiger partial charge >= 0.3 is 6.02 Å². The number of carbonyl (C=O) groups excluding carboxylic acids is 1. The number of anilines is 1. The van der Waals surface area contributed by atoms with Gasteiger partial charge in [-0.2, -0.15) is 0 Å². The maximum atomic E-state index is 13.3. The van der Waals surface area contributed by atoms with E-state index >= 15 is 0 Å². The van der Waals surface area contributed by atoms with Gasteiger partial charge in [-0.3, -0.25) is 9.69 Å². The Bertz CT molecular complexity index is 759. The summed E-state index contributed by atoms with van der Waals surface area (Å²) in [5, 5.41) is 0. The number of carbonyl (C=O) groups is 1. The van der Waals surface area contributed by atoms with Crippen LogP contribution in [0, 0.1) is 0 Å². The third-order valence-corrected chi connectivity index (χ3v) is 6.35. The van der Waals surface area contributed by atoms with E-state index in [9.17, 15) is 4.79 Å². The van der Waals surface area contributed by atoms with Crippen molar-refractivity contribution in [3.8, 4) is 0 Å². The molecule has 0 N–H and O–H groups in total. The Kier molecular flexibility index (Phi) is 8.98. The van der Waals surface area contributed by atoms with E-state index in [1.807, 2.05) is 11.0 Å². The number of nitrogens with zero attached hydrogens (tertiary/aromatic N) is 3. The Hall–Kier alpha value is -2.30. The number of aliphatic imine (C=N–C) groups is 1. The van der Waals surface area contributed by atoms with Crippen LogP contribution in [0.4, 0.5) is 5.69 Å². The average Bonchev–Trinajstić information content (AvgIpc) is 3.11. The molecule has 0 atom stereocenters. The zero-order chi connectivity index (χ0) is 22.1. The van der Waals surface area contributed by atoms with Crippen LogP contribution in [-0.2, 0) is 9.53 Å². The van der Waals surface area contributed by atoms with E-state index in [1.54, 1.807) is 0 Å². The molecular weight excluding hydrogens is 386 g/mol. The van der Waals surface area contributed by atoms with E-state index < -0.39 is 0 Å². The quantitative estimate of drug-likeness (QED) is 0.341. The largest absolute Gasteiger partial charge is 0.420 e. The first-order valence-corrected chi connectivity index (χ1v) is 12.3. The van der Waals surface area contributed by atoms with Gasteiger partial charge in [0.05, 0.1) is 0 Å². The van der Waals surface area contributed by atoms with Gasteiger partial charge in [0.2, 0.25) is 0 Å². The first kappa shape index (κ1) is 23.4. The lowest BCUT2D eigenvalue weighted by Crippen LogP contribution is -2.41. The highest BCUT2D eigenvalue weighted by Gasteiger charge is 2.39. The van der Waals surface area contributed by atoms with Gasteiger partial charge in [-0.25, -0.2) is 4.99 Å². The molecule has 1 saturated carbocycles. The third kappa shape index (κ3) is 6.11. The lowest BCUT2D eigenvalue weighted by atomic mass is 9.94. The van der Waals surface area contributed by atoms with Crippen molar-refractivity contribution in [2.75, 3.05) is 24.5 Å². The topological polar surface area (TPSA) is 45.1 Å². The van der Waals surface area contributed by atoms with Crippen molar-refractivity contribution >= 4 is 23.7 Å². The van der Waals surface area contributed by atoms with Crippen molar-refractivity contribution in [3.05, 3.63) is 35.6 Å². The molecular formula is C26H39N3O2. The van der Waals surface area contributed by atoms with E-state index in [2.05, 4.69) is 49.9 Å². The van der Waals surface area contributed by atoms with E-state index in [-0.39, 0.29) is 11.9 Å². The van der Waals surface area contributed by atoms with Crippen LogP contribution < -0.4 is 4.90 Å². The second kappa shape index (κ2) is 11.9. The molecule has 0 radical (unpaired) electrons. The predicted molar refractivity (Wildman–Crippen MR) is 129 cm³/mol. The Morgan fingerprint density at radius 1 is 1.03 bits per heavy atom. The molecule has 1 amide bonds. The van der Waals surface area contributed by atoms with Gasteiger partial charge in [0.25, 0.3) is 5.91 Å². The second-order valence-electron chi connectivity index (χ2n) is 8.57. The number of benzene rings is 1. The van der Waals surface area contributed by atoms with Crippen LogP contribution in [0.15, 0.2) is 35.0 Å². The molecule has 170 valence electrons. The van der Waals surface area contributed by atoms with Gasteiger partial charge < -0.3 is 9.64 Å². The fraction of sp³-hybridized carbons (Fsp3) is 0.615. The molecule has 0 bridgehead atoms. The monoisotopic (exact) mass is 425 g/mol. The molecule has 1 aliphatic carbocycles. The summed E-state index contributed by atoms with van der Waals surface area (Å²) in [7, 11) is 0. The fourth-order valence-electron chi connectivity index (χ4n) is 4.49. The van der Waals surface area contributed by atoms with Gasteiger partial charge in [0.15, 0.2) is 5.76 Å². The minimum absolute atomic E-state index is 0.0352. The molecule has 1 aromatic rings. The van der Waals surface area contributed by atoms with Gasteiger partial charge in [0.1, 0.15) is 0 Å². The third-order valence-electron chi connectivity index (χ3n) is 6.35. The Labute approximate surface area is 188 Å². The van der Waals surface area contributed by atoms with E-state index in [1.165, 1.54) is 44.2 Å². The lowest BCUT2D eigenvalue weighted by molar-refractivity contribution is -0.124. The summed E-state index contributed by atoms with van der Waals surface area (Å²) in [5.74, 6) is 0.362. The second-order valence-corrected chi connectivity index (χ2v) is 8.57. The molecule has 1 aliphatic heterocycles. The zero-order valence-corrected chi connectivity index (χ0v) is 19.6. The van der Waals surface area contributed by atoms with Crippen LogP contribution >= 0.6 is 0 Å². The number of unbranched alkanes of at least 4 members (excludes halogenated alkanes) is 3. The van der Waals surface area contributed by atoms with Crippen molar-refractivity contribution in [2.24, 2.45) is 4.99 Å². The highest BCUT2D eigenvalue weighted by molar-refractivity contribution is 6.11. The van der Waals surface area contributed by atoms with Crippen molar-refractivity contribution in [2.45, 2.75) is 84.6 Å². The normalized spacial score (nSPS) is 20.0. The van der Waals surface area contributed by atoms with Crippen LogP contribution in [0.2, 0.25) is 0 Å². The molecule has 5 heteroatoms. The van der Waals surface area contributed by atoms with Crippen molar-refractivity contribution in [3.63, 3.8) is 0 Å². The minimum Gasteiger partial charge on any atom is -0.420 e. The van der Waals surface area contributed by atoms with Crippen molar-refractivity contribution < 1.29 is 9.53 Å². The van der Waals surface area contributed by atoms with Crippen LogP contribution in [0.1, 0.15) is 84.1 Å². The summed E-state index contributed by atoms with van der Waals surface area (Å²) in [6.07, 6.45) is 12.2. The number of amidine groups is 1. The first-order valence-electron chi connectivity index (χ1n) is 12.3. The molecule has 2 fully saturated rings. The molecule has 3 rings (SSSR count). The molecule has 31 heavy (non-hydrogen) atoms. The lowest BCUT2D eigenvalue weighted by Gasteiger charge is -2.28. The standard InChI is InChI=1S/C26H39N3O2/c1-4-7-8-12-19-27-26-29(23-13-10-9-11-14-23)25(30)24(31-26)20-21-15-17-22(18-16-21)28(5-2)6-3/h15-18,20,23H,4-14,19H2,1-3H3/b24-20+,27-26?. The number of ether oxygens (including phenoxy) is 1. The molecule has 0 spiro atoms. The molecule has 0 aromatic heterocycles. The highest BCUT2D eigenvalue weighted by Crippen LogP contribution is 2.30.